The molecule has 0 spiro atoms. The standard InChI is InChI=1S/C12H15NO2S/c1-10(2)8-16(14,15)9-12-6-4-3-5-11(12)7-13/h3-6,10H,8-9H2,1-2H3. The van der Waals surface area contributed by atoms with Gasteiger partial charge in [-0.05, 0) is 17.5 Å². The molecule has 0 heterocycles. The molecule has 1 aromatic carbocycles. The zero-order chi connectivity index (χ0) is 12.2. The number of hydrogen-bond acceptors (Lipinski definition) is 3. The van der Waals surface area contributed by atoms with Gasteiger partial charge in [-0.3, -0.25) is 0 Å². The fourth-order valence-corrected chi connectivity index (χ4v) is 3.42. The summed E-state index contributed by atoms with van der Waals surface area (Å²) in [4.78, 5) is 0. The minimum atomic E-state index is -3.12. The predicted molar refractivity (Wildman–Crippen MR) is 63.5 cm³/mol. The van der Waals surface area contributed by atoms with Crippen LogP contribution in [0.15, 0.2) is 24.3 Å². The zero-order valence-corrected chi connectivity index (χ0v) is 10.3. The topological polar surface area (TPSA) is 57.9 Å². The normalized spacial score (nSPS) is 11.4. The average Bonchev–Trinajstić information content (AvgIpc) is 2.15. The SMILES string of the molecule is CC(C)CS(=O)(=O)Cc1ccccc1C#N. The number of benzene rings is 1. The quantitative estimate of drug-likeness (QED) is 0.806. The van der Waals surface area contributed by atoms with Crippen LogP contribution in [0.5, 0.6) is 0 Å². The first-order chi connectivity index (χ1) is 7.44. The maximum atomic E-state index is 11.8. The summed E-state index contributed by atoms with van der Waals surface area (Å²) in [6.45, 7) is 3.74. The van der Waals surface area contributed by atoms with Crippen molar-refractivity contribution >= 4 is 9.84 Å². The zero-order valence-electron chi connectivity index (χ0n) is 9.47. The molecule has 86 valence electrons. The van der Waals surface area contributed by atoms with Crippen LogP contribution in [0.2, 0.25) is 0 Å². The number of nitrogens with zero attached hydrogens (tertiary/aromatic N) is 1. The van der Waals surface area contributed by atoms with Gasteiger partial charge >= 0.3 is 0 Å². The third-order valence-corrected chi connectivity index (χ3v) is 4.03. The molecule has 0 aromatic heterocycles. The largest absolute Gasteiger partial charge is 0.228 e. The lowest BCUT2D eigenvalue weighted by atomic mass is 10.1. The van der Waals surface area contributed by atoms with Crippen LogP contribution < -0.4 is 0 Å². The Kier molecular flexibility index (Phi) is 4.08. The van der Waals surface area contributed by atoms with Gasteiger partial charge in [0.15, 0.2) is 9.84 Å². The molecule has 0 aliphatic heterocycles. The lowest BCUT2D eigenvalue weighted by Crippen LogP contribution is -2.14. The molecule has 0 aliphatic rings. The molecule has 3 nitrogen and oxygen atoms in total. The van der Waals surface area contributed by atoms with Gasteiger partial charge in [-0.1, -0.05) is 32.0 Å². The van der Waals surface area contributed by atoms with Crippen molar-refractivity contribution in [2.24, 2.45) is 5.92 Å². The van der Waals surface area contributed by atoms with Crippen LogP contribution in [0.25, 0.3) is 0 Å². The molecule has 0 amide bonds. The van der Waals surface area contributed by atoms with Gasteiger partial charge in [0.05, 0.1) is 23.1 Å². The summed E-state index contributed by atoms with van der Waals surface area (Å²) < 4.78 is 23.5. The molecule has 0 saturated heterocycles. The van der Waals surface area contributed by atoms with Crippen molar-refractivity contribution in [1.29, 1.82) is 5.26 Å². The lowest BCUT2D eigenvalue weighted by molar-refractivity contribution is 0.581. The molecule has 0 saturated carbocycles. The molecule has 0 bridgehead atoms. The molecule has 0 atom stereocenters. The van der Waals surface area contributed by atoms with E-state index in [-0.39, 0.29) is 17.4 Å². The highest BCUT2D eigenvalue weighted by atomic mass is 32.2. The molecule has 1 rings (SSSR count). The molecule has 4 heteroatoms. The summed E-state index contributed by atoms with van der Waals surface area (Å²) in [5, 5.41) is 8.85. The van der Waals surface area contributed by atoms with Gasteiger partial charge in [-0.15, -0.1) is 0 Å². The van der Waals surface area contributed by atoms with Crippen LogP contribution in [0.4, 0.5) is 0 Å². The number of hydrogen-bond donors (Lipinski definition) is 0. The number of rotatable bonds is 4. The van der Waals surface area contributed by atoms with E-state index in [9.17, 15) is 8.42 Å². The Balaban J connectivity index is 2.93. The highest BCUT2D eigenvalue weighted by Gasteiger charge is 2.15. The van der Waals surface area contributed by atoms with E-state index < -0.39 is 9.84 Å². The molecular formula is C12H15NO2S. The van der Waals surface area contributed by atoms with Crippen molar-refractivity contribution in [2.75, 3.05) is 5.75 Å². The first-order valence-electron chi connectivity index (χ1n) is 5.13. The van der Waals surface area contributed by atoms with Gasteiger partial charge in [0.2, 0.25) is 0 Å². The van der Waals surface area contributed by atoms with E-state index in [1.165, 1.54) is 0 Å². The molecule has 0 radical (unpaired) electrons. The first kappa shape index (κ1) is 12.7. The Morgan fingerprint density at radius 1 is 1.31 bits per heavy atom. The second-order valence-electron chi connectivity index (χ2n) is 4.22. The minimum absolute atomic E-state index is 0.0467. The summed E-state index contributed by atoms with van der Waals surface area (Å²) in [6, 6.07) is 8.82. The molecule has 16 heavy (non-hydrogen) atoms. The second kappa shape index (κ2) is 5.13. The smallest absolute Gasteiger partial charge is 0.154 e. The highest BCUT2D eigenvalue weighted by Crippen LogP contribution is 2.13. The van der Waals surface area contributed by atoms with E-state index in [0.717, 1.165) is 0 Å². The van der Waals surface area contributed by atoms with Crippen molar-refractivity contribution < 1.29 is 8.42 Å². The summed E-state index contributed by atoms with van der Waals surface area (Å²) in [6.07, 6.45) is 0. The summed E-state index contributed by atoms with van der Waals surface area (Å²) in [5.74, 6) is 0.223. The Hall–Kier alpha value is -1.34. The molecule has 0 unspecified atom stereocenters. The van der Waals surface area contributed by atoms with Crippen molar-refractivity contribution in [3.8, 4) is 6.07 Å². The third-order valence-electron chi connectivity index (χ3n) is 2.10. The maximum Gasteiger partial charge on any atom is 0.154 e. The van der Waals surface area contributed by atoms with Crippen molar-refractivity contribution in [1.82, 2.24) is 0 Å². The van der Waals surface area contributed by atoms with Crippen LogP contribution in [-0.4, -0.2) is 14.2 Å². The molecule has 1 aromatic rings. The second-order valence-corrected chi connectivity index (χ2v) is 6.33. The fraction of sp³-hybridized carbons (Fsp3) is 0.417. The van der Waals surface area contributed by atoms with E-state index in [2.05, 4.69) is 0 Å². The van der Waals surface area contributed by atoms with Crippen molar-refractivity contribution in [3.63, 3.8) is 0 Å². The van der Waals surface area contributed by atoms with E-state index in [0.29, 0.717) is 11.1 Å². The molecule has 0 fully saturated rings. The van der Waals surface area contributed by atoms with Crippen LogP contribution >= 0.6 is 0 Å². The Morgan fingerprint density at radius 3 is 2.50 bits per heavy atom. The first-order valence-corrected chi connectivity index (χ1v) is 6.95. The minimum Gasteiger partial charge on any atom is -0.228 e. The van der Waals surface area contributed by atoms with E-state index >= 15 is 0 Å². The van der Waals surface area contributed by atoms with E-state index in [1.54, 1.807) is 24.3 Å². The van der Waals surface area contributed by atoms with Crippen molar-refractivity contribution in [2.45, 2.75) is 19.6 Å². The average molecular weight is 237 g/mol. The monoisotopic (exact) mass is 237 g/mol. The van der Waals surface area contributed by atoms with Crippen molar-refractivity contribution in [3.05, 3.63) is 35.4 Å². The van der Waals surface area contributed by atoms with Gasteiger partial charge in [0.1, 0.15) is 0 Å². The van der Waals surface area contributed by atoms with Gasteiger partial charge < -0.3 is 0 Å². The van der Waals surface area contributed by atoms with E-state index in [4.69, 9.17) is 5.26 Å². The summed E-state index contributed by atoms with van der Waals surface area (Å²) in [7, 11) is -3.12. The number of sulfone groups is 1. The fourth-order valence-electron chi connectivity index (χ4n) is 1.56. The van der Waals surface area contributed by atoms with Crippen LogP contribution in [-0.2, 0) is 15.6 Å². The molecule has 0 aliphatic carbocycles. The summed E-state index contributed by atoms with van der Waals surface area (Å²) in [5.41, 5.74) is 1.03. The predicted octanol–water partition coefficient (Wildman–Crippen LogP) is 2.13. The lowest BCUT2D eigenvalue weighted by Gasteiger charge is -2.07. The van der Waals surface area contributed by atoms with Gasteiger partial charge in [0, 0.05) is 0 Å². The van der Waals surface area contributed by atoms with Crippen LogP contribution in [0.3, 0.4) is 0 Å². The van der Waals surface area contributed by atoms with E-state index in [1.807, 2.05) is 19.9 Å². The number of nitriles is 1. The Morgan fingerprint density at radius 2 is 1.94 bits per heavy atom. The summed E-state index contributed by atoms with van der Waals surface area (Å²) >= 11 is 0. The molecular weight excluding hydrogens is 222 g/mol. The highest BCUT2D eigenvalue weighted by molar-refractivity contribution is 7.90. The third kappa shape index (κ3) is 3.67. The van der Waals surface area contributed by atoms with Gasteiger partial charge in [-0.25, -0.2) is 8.42 Å². The molecule has 0 N–H and O–H groups in total. The maximum absolute atomic E-state index is 11.8. The Labute approximate surface area is 96.6 Å². The Bertz CT molecular complexity index is 498. The van der Waals surface area contributed by atoms with Gasteiger partial charge in [-0.2, -0.15) is 5.26 Å². The van der Waals surface area contributed by atoms with Crippen LogP contribution in [0.1, 0.15) is 25.0 Å². The van der Waals surface area contributed by atoms with Gasteiger partial charge in [0.25, 0.3) is 0 Å². The van der Waals surface area contributed by atoms with Crippen LogP contribution in [0, 0.1) is 17.2 Å².